The van der Waals surface area contributed by atoms with Gasteiger partial charge in [0.05, 0.1) is 31.3 Å². The summed E-state index contributed by atoms with van der Waals surface area (Å²) in [6.07, 6.45) is 4.98. The second-order valence-electron chi connectivity index (χ2n) is 8.81. The zero-order valence-electron chi connectivity index (χ0n) is 20.8. The number of oxime groups is 1. The van der Waals surface area contributed by atoms with Crippen molar-refractivity contribution in [2.75, 3.05) is 18.7 Å². The number of nitrogens with two attached hydrogens (primary N) is 1. The number of aromatic nitrogens is 4. The quantitative estimate of drug-likeness (QED) is 0.130. The van der Waals surface area contributed by atoms with E-state index in [1.54, 1.807) is 38.6 Å². The maximum absolute atomic E-state index is 13.5. The van der Waals surface area contributed by atoms with Crippen LogP contribution in [-0.4, -0.2) is 55.8 Å². The third-order valence-electron chi connectivity index (χ3n) is 4.71. The van der Waals surface area contributed by atoms with Gasteiger partial charge < -0.3 is 24.4 Å². The van der Waals surface area contributed by atoms with Crippen LogP contribution < -0.4 is 10.8 Å². The predicted molar refractivity (Wildman–Crippen MR) is 130 cm³/mol. The van der Waals surface area contributed by atoms with Crippen LogP contribution >= 0.6 is 7.52 Å². The number of nitrogen functional groups attached to an aromatic ring is 1. The predicted octanol–water partition coefficient (Wildman–Crippen LogP) is 3.48. The molecule has 0 aliphatic carbocycles. The lowest BCUT2D eigenvalue weighted by atomic mass is 10.1. The minimum absolute atomic E-state index is 0.288. The summed E-state index contributed by atoms with van der Waals surface area (Å²) in [5.41, 5.74) is 6.19. The zero-order chi connectivity index (χ0) is 25.4. The molecule has 2 heterocycles. The van der Waals surface area contributed by atoms with Gasteiger partial charge in [0.2, 0.25) is 0 Å². The molecule has 13 heteroatoms. The van der Waals surface area contributed by atoms with E-state index in [0.717, 1.165) is 19.3 Å². The SMILES string of the molecule is CCCCCOC(=O)C(C)(C)NP(=O)(CO[C@@H](C)Cn1cnc2c(N)ncnc21)ON=C(C)C. The fourth-order valence-corrected chi connectivity index (χ4v) is 4.82. The van der Waals surface area contributed by atoms with E-state index in [1.807, 2.05) is 6.92 Å². The van der Waals surface area contributed by atoms with Crippen molar-refractivity contribution in [3.63, 3.8) is 0 Å². The summed E-state index contributed by atoms with van der Waals surface area (Å²) in [5, 5.41) is 6.63. The van der Waals surface area contributed by atoms with Crippen molar-refractivity contribution in [3.05, 3.63) is 12.7 Å². The number of carbonyl (C=O) groups excluding carboxylic acids is 1. The van der Waals surface area contributed by atoms with Crippen LogP contribution in [-0.2, 0) is 30.0 Å². The fraction of sp³-hybridized carbons (Fsp3) is 0.667. The highest BCUT2D eigenvalue weighted by Crippen LogP contribution is 2.45. The van der Waals surface area contributed by atoms with E-state index < -0.39 is 25.1 Å². The average molecular weight is 498 g/mol. The minimum Gasteiger partial charge on any atom is -0.464 e. The van der Waals surface area contributed by atoms with Crippen LogP contribution in [0.15, 0.2) is 17.8 Å². The molecule has 2 aromatic heterocycles. The third-order valence-corrected chi connectivity index (χ3v) is 6.44. The number of unbranched alkanes of at least 4 members (excludes halogenated alkanes) is 2. The van der Waals surface area contributed by atoms with Crippen LogP contribution in [0.1, 0.15) is 60.8 Å². The van der Waals surface area contributed by atoms with Crippen molar-refractivity contribution in [3.8, 4) is 0 Å². The smallest absolute Gasteiger partial charge is 0.365 e. The second-order valence-corrected chi connectivity index (χ2v) is 10.8. The van der Waals surface area contributed by atoms with Gasteiger partial charge in [-0.05, 0) is 41.0 Å². The minimum atomic E-state index is -3.72. The molecule has 0 amide bonds. The molecule has 0 spiro atoms. The molecular weight excluding hydrogens is 461 g/mol. The van der Waals surface area contributed by atoms with Crippen LogP contribution in [0.3, 0.4) is 0 Å². The highest BCUT2D eigenvalue weighted by atomic mass is 31.2. The van der Waals surface area contributed by atoms with Crippen molar-refractivity contribution in [1.82, 2.24) is 24.6 Å². The van der Waals surface area contributed by atoms with Gasteiger partial charge in [0.1, 0.15) is 23.7 Å². The van der Waals surface area contributed by atoms with Gasteiger partial charge in [0, 0.05) is 0 Å². The van der Waals surface area contributed by atoms with Crippen LogP contribution in [0, 0.1) is 0 Å². The maximum Gasteiger partial charge on any atom is 0.365 e. The Labute approximate surface area is 200 Å². The van der Waals surface area contributed by atoms with Crippen molar-refractivity contribution in [2.24, 2.45) is 5.16 Å². The van der Waals surface area contributed by atoms with Crippen molar-refractivity contribution in [1.29, 1.82) is 0 Å². The number of fused-ring (bicyclic) bond motifs is 1. The number of imidazole rings is 1. The number of carbonyl (C=O) groups is 1. The summed E-state index contributed by atoms with van der Waals surface area (Å²) in [5.74, 6) is -0.240. The van der Waals surface area contributed by atoms with Crippen molar-refractivity contribution in [2.45, 2.75) is 79.0 Å². The second kappa shape index (κ2) is 12.2. The molecule has 0 radical (unpaired) electrons. The lowest BCUT2D eigenvalue weighted by molar-refractivity contribution is -0.149. The molecule has 2 rings (SSSR count). The number of nitrogens with one attached hydrogen (secondary N) is 1. The van der Waals surface area contributed by atoms with E-state index >= 15 is 0 Å². The van der Waals surface area contributed by atoms with E-state index in [4.69, 9.17) is 19.8 Å². The summed E-state index contributed by atoms with van der Waals surface area (Å²) in [4.78, 5) is 24.9. The molecule has 12 nitrogen and oxygen atoms in total. The average Bonchev–Trinajstić information content (AvgIpc) is 3.17. The lowest BCUT2D eigenvalue weighted by Gasteiger charge is -2.29. The highest BCUT2D eigenvalue weighted by molar-refractivity contribution is 7.56. The van der Waals surface area contributed by atoms with Crippen LogP contribution in [0.4, 0.5) is 5.82 Å². The Morgan fingerprint density at radius 2 is 2.03 bits per heavy atom. The number of ether oxygens (including phenoxy) is 2. The Hall–Kier alpha value is -2.56. The standard InChI is InChI=1S/C21H36N7O5P/c1-7-8-9-10-31-20(29)21(5,6)27-34(30,33-26-15(2)3)14-32-16(4)11-28-13-25-17-18(22)23-12-24-19(17)28/h12-13,16H,7-11,14H2,1-6H3,(H,27,30)(H2,22,23,24)/t16-,34?/m0/s1. The molecule has 2 atom stereocenters. The Bertz CT molecular complexity index is 1040. The molecule has 0 saturated carbocycles. The summed E-state index contributed by atoms with van der Waals surface area (Å²) >= 11 is 0. The molecule has 1 unspecified atom stereocenters. The molecule has 0 fully saturated rings. The van der Waals surface area contributed by atoms with E-state index in [-0.39, 0.29) is 12.2 Å². The van der Waals surface area contributed by atoms with Crippen molar-refractivity contribution < 1.29 is 23.5 Å². The van der Waals surface area contributed by atoms with Gasteiger partial charge in [-0.3, -0.25) is 9.36 Å². The number of hydrogen-bond donors (Lipinski definition) is 2. The number of rotatable bonds is 14. The third kappa shape index (κ3) is 8.03. The topological polar surface area (TPSA) is 156 Å². The molecule has 0 aliphatic heterocycles. The fourth-order valence-electron chi connectivity index (χ4n) is 2.98. The molecule has 190 valence electrons. The molecule has 0 aliphatic rings. The van der Waals surface area contributed by atoms with E-state index in [0.29, 0.717) is 30.0 Å². The summed E-state index contributed by atoms with van der Waals surface area (Å²) in [6.45, 7) is 11.1. The van der Waals surface area contributed by atoms with Crippen LogP contribution in [0.5, 0.6) is 0 Å². The molecular formula is C21H36N7O5P. The number of nitrogens with zero attached hydrogens (tertiary/aromatic N) is 5. The van der Waals surface area contributed by atoms with Crippen LogP contribution in [0.25, 0.3) is 11.2 Å². The van der Waals surface area contributed by atoms with E-state index in [2.05, 4.69) is 32.1 Å². The van der Waals surface area contributed by atoms with E-state index in [9.17, 15) is 9.36 Å². The Balaban J connectivity index is 2.06. The number of hydrogen-bond acceptors (Lipinski definition) is 10. The summed E-state index contributed by atoms with van der Waals surface area (Å²) in [6, 6.07) is 0. The van der Waals surface area contributed by atoms with E-state index in [1.165, 1.54) is 6.33 Å². The molecule has 0 bridgehead atoms. The number of anilines is 1. The highest BCUT2D eigenvalue weighted by Gasteiger charge is 2.39. The molecule has 34 heavy (non-hydrogen) atoms. The Morgan fingerprint density at radius 3 is 2.71 bits per heavy atom. The first kappa shape index (κ1) is 27.7. The first-order valence-corrected chi connectivity index (χ1v) is 13.1. The van der Waals surface area contributed by atoms with Gasteiger partial charge in [-0.2, -0.15) is 0 Å². The lowest BCUT2D eigenvalue weighted by Crippen LogP contribution is -2.47. The first-order chi connectivity index (χ1) is 16.0. The monoisotopic (exact) mass is 497 g/mol. The molecule has 3 N–H and O–H groups in total. The Morgan fingerprint density at radius 1 is 1.29 bits per heavy atom. The summed E-state index contributed by atoms with van der Waals surface area (Å²) in [7, 11) is -3.72. The van der Waals surface area contributed by atoms with Gasteiger partial charge in [0.15, 0.2) is 11.5 Å². The normalized spacial score (nSPS) is 14.4. The van der Waals surface area contributed by atoms with Gasteiger partial charge >= 0.3 is 13.5 Å². The zero-order valence-corrected chi connectivity index (χ0v) is 21.7. The molecule has 0 saturated heterocycles. The van der Waals surface area contributed by atoms with Gasteiger partial charge in [-0.25, -0.2) is 20.0 Å². The van der Waals surface area contributed by atoms with Gasteiger partial charge in [0.25, 0.3) is 0 Å². The van der Waals surface area contributed by atoms with Gasteiger partial charge in [-0.15, -0.1) is 0 Å². The van der Waals surface area contributed by atoms with Crippen molar-refractivity contribution >= 4 is 36.2 Å². The van der Waals surface area contributed by atoms with Gasteiger partial charge in [-0.1, -0.05) is 24.9 Å². The molecule has 0 aromatic carbocycles. The van der Waals surface area contributed by atoms with Crippen LogP contribution in [0.2, 0.25) is 0 Å². The summed E-state index contributed by atoms with van der Waals surface area (Å²) < 4.78 is 31.8. The maximum atomic E-state index is 13.5. The molecule has 2 aromatic rings. The first-order valence-electron chi connectivity index (χ1n) is 11.3. The Kier molecular flexibility index (Phi) is 9.96. The number of esters is 1. The largest absolute Gasteiger partial charge is 0.464 e.